The summed E-state index contributed by atoms with van der Waals surface area (Å²) in [4.78, 5) is 8.88. The molecular weight excluding hydrogens is 322 g/mol. The van der Waals surface area contributed by atoms with Crippen LogP contribution in [0.4, 0.5) is 11.5 Å². The number of nitrogens with one attached hydrogen (secondary N) is 1. The number of hydrogen-bond donors (Lipinski definition) is 1. The third-order valence-electron chi connectivity index (χ3n) is 3.50. The fourth-order valence-corrected chi connectivity index (χ4v) is 4.61. The Hall–Kier alpha value is -1.95. The summed E-state index contributed by atoms with van der Waals surface area (Å²) < 4.78 is 25.5. The SMILES string of the molecule is Cc1ncc(C)c(Nc2ccc(C)c(S(=O)(=O)CC(C)(C)C)c2)n1. The minimum absolute atomic E-state index is 0.107. The molecule has 0 amide bonds. The second kappa shape index (κ2) is 6.51. The lowest BCUT2D eigenvalue weighted by atomic mass is 10.0. The maximum absolute atomic E-state index is 12.7. The van der Waals surface area contributed by atoms with Crippen LogP contribution in [-0.4, -0.2) is 24.1 Å². The molecule has 2 rings (SSSR count). The van der Waals surface area contributed by atoms with Gasteiger partial charge in [0.15, 0.2) is 9.84 Å². The minimum Gasteiger partial charge on any atom is -0.340 e. The van der Waals surface area contributed by atoms with Crippen molar-refractivity contribution >= 4 is 21.3 Å². The highest BCUT2D eigenvalue weighted by atomic mass is 32.2. The Bertz CT molecular complexity index is 853. The number of anilines is 2. The van der Waals surface area contributed by atoms with Gasteiger partial charge in [0, 0.05) is 17.4 Å². The molecule has 0 fully saturated rings. The smallest absolute Gasteiger partial charge is 0.179 e. The zero-order chi connectivity index (χ0) is 18.1. The molecule has 2 aromatic rings. The number of benzene rings is 1. The standard InChI is InChI=1S/C18H25N3O2S/c1-12-7-8-15(21-17-13(2)10-19-14(3)20-17)9-16(12)24(22,23)11-18(4,5)6/h7-10H,11H2,1-6H3,(H,19,20,21). The van der Waals surface area contributed by atoms with E-state index in [4.69, 9.17) is 0 Å². The lowest BCUT2D eigenvalue weighted by molar-refractivity contribution is 0.461. The third kappa shape index (κ3) is 4.54. The molecule has 0 aliphatic heterocycles. The van der Waals surface area contributed by atoms with Crippen molar-refractivity contribution in [2.45, 2.75) is 46.4 Å². The molecule has 5 nitrogen and oxygen atoms in total. The van der Waals surface area contributed by atoms with Gasteiger partial charge in [0.2, 0.25) is 0 Å². The Kier molecular flexibility index (Phi) is 4.99. The molecule has 1 N–H and O–H groups in total. The van der Waals surface area contributed by atoms with Crippen molar-refractivity contribution in [2.75, 3.05) is 11.1 Å². The Morgan fingerprint density at radius 2 is 1.75 bits per heavy atom. The van der Waals surface area contributed by atoms with Crippen molar-refractivity contribution in [3.05, 3.63) is 41.3 Å². The number of aromatic nitrogens is 2. The lowest BCUT2D eigenvalue weighted by Crippen LogP contribution is -2.21. The molecule has 0 unspecified atom stereocenters. The van der Waals surface area contributed by atoms with Crippen LogP contribution in [0.2, 0.25) is 0 Å². The first-order valence-electron chi connectivity index (χ1n) is 7.89. The number of sulfone groups is 1. The van der Waals surface area contributed by atoms with Gasteiger partial charge in [-0.1, -0.05) is 26.8 Å². The maximum Gasteiger partial charge on any atom is 0.179 e. The van der Waals surface area contributed by atoms with Gasteiger partial charge in [-0.25, -0.2) is 18.4 Å². The van der Waals surface area contributed by atoms with Gasteiger partial charge in [0.05, 0.1) is 10.6 Å². The van der Waals surface area contributed by atoms with E-state index in [1.54, 1.807) is 12.3 Å². The first-order valence-corrected chi connectivity index (χ1v) is 9.54. The van der Waals surface area contributed by atoms with Crippen LogP contribution in [0.15, 0.2) is 29.3 Å². The number of rotatable bonds is 4. The Balaban J connectivity index is 2.40. The van der Waals surface area contributed by atoms with Gasteiger partial charge in [-0.15, -0.1) is 0 Å². The molecule has 0 saturated carbocycles. The molecule has 0 aliphatic rings. The van der Waals surface area contributed by atoms with E-state index >= 15 is 0 Å². The molecule has 0 saturated heterocycles. The largest absolute Gasteiger partial charge is 0.340 e. The minimum atomic E-state index is -3.35. The average molecular weight is 347 g/mol. The van der Waals surface area contributed by atoms with E-state index in [9.17, 15) is 8.42 Å². The normalized spacial score (nSPS) is 12.2. The second-order valence-electron chi connectivity index (χ2n) is 7.37. The van der Waals surface area contributed by atoms with Gasteiger partial charge >= 0.3 is 0 Å². The Morgan fingerprint density at radius 3 is 2.38 bits per heavy atom. The Labute approximate surface area is 144 Å². The molecule has 0 atom stereocenters. The number of aryl methyl sites for hydroxylation is 3. The summed E-state index contributed by atoms with van der Waals surface area (Å²) in [5, 5.41) is 3.20. The van der Waals surface area contributed by atoms with Crippen LogP contribution in [0.5, 0.6) is 0 Å². The Morgan fingerprint density at radius 1 is 1.08 bits per heavy atom. The third-order valence-corrected chi connectivity index (χ3v) is 5.86. The van der Waals surface area contributed by atoms with Crippen LogP contribution in [0, 0.1) is 26.2 Å². The van der Waals surface area contributed by atoms with E-state index in [1.165, 1.54) is 0 Å². The topological polar surface area (TPSA) is 72.0 Å². The van der Waals surface area contributed by atoms with E-state index in [2.05, 4.69) is 15.3 Å². The van der Waals surface area contributed by atoms with Crippen LogP contribution in [0.1, 0.15) is 37.7 Å². The quantitative estimate of drug-likeness (QED) is 0.906. The molecule has 0 bridgehead atoms. The summed E-state index contributed by atoms with van der Waals surface area (Å²) in [7, 11) is -3.35. The molecule has 1 aromatic heterocycles. The predicted octanol–water partition coefficient (Wildman–Crippen LogP) is 3.97. The van der Waals surface area contributed by atoms with Gasteiger partial charge in [-0.05, 0) is 43.9 Å². The summed E-state index contributed by atoms with van der Waals surface area (Å²) in [6, 6.07) is 5.37. The fourth-order valence-electron chi connectivity index (χ4n) is 2.45. The zero-order valence-corrected chi connectivity index (χ0v) is 16.0. The average Bonchev–Trinajstić information content (AvgIpc) is 2.42. The monoisotopic (exact) mass is 347 g/mol. The zero-order valence-electron chi connectivity index (χ0n) is 15.1. The molecule has 130 valence electrons. The summed E-state index contributed by atoms with van der Waals surface area (Å²) >= 11 is 0. The molecule has 0 spiro atoms. The van der Waals surface area contributed by atoms with Crippen molar-refractivity contribution < 1.29 is 8.42 Å². The highest BCUT2D eigenvalue weighted by Crippen LogP contribution is 2.28. The van der Waals surface area contributed by atoms with Crippen molar-refractivity contribution in [1.29, 1.82) is 0 Å². The van der Waals surface area contributed by atoms with Crippen LogP contribution < -0.4 is 5.32 Å². The molecule has 6 heteroatoms. The number of nitrogens with zero attached hydrogens (tertiary/aromatic N) is 2. The molecule has 0 aliphatic carbocycles. The summed E-state index contributed by atoms with van der Waals surface area (Å²) in [5.41, 5.74) is 2.06. The van der Waals surface area contributed by atoms with Gasteiger partial charge < -0.3 is 5.32 Å². The van der Waals surface area contributed by atoms with Gasteiger partial charge in [-0.3, -0.25) is 0 Å². The highest BCUT2D eigenvalue weighted by molar-refractivity contribution is 7.91. The van der Waals surface area contributed by atoms with E-state index in [1.807, 2.05) is 53.7 Å². The van der Waals surface area contributed by atoms with Gasteiger partial charge in [-0.2, -0.15) is 0 Å². The van der Waals surface area contributed by atoms with Gasteiger partial charge in [0.25, 0.3) is 0 Å². The molecule has 1 heterocycles. The van der Waals surface area contributed by atoms with Crippen molar-refractivity contribution in [1.82, 2.24) is 9.97 Å². The molecule has 1 aromatic carbocycles. The second-order valence-corrected chi connectivity index (χ2v) is 9.33. The van der Waals surface area contributed by atoms with E-state index in [0.717, 1.165) is 11.1 Å². The first-order chi connectivity index (χ1) is 11.0. The number of hydrogen-bond acceptors (Lipinski definition) is 5. The van der Waals surface area contributed by atoms with Crippen molar-refractivity contribution in [3.8, 4) is 0 Å². The van der Waals surface area contributed by atoms with Crippen LogP contribution in [0.25, 0.3) is 0 Å². The maximum atomic E-state index is 12.7. The fraction of sp³-hybridized carbons (Fsp3) is 0.444. The predicted molar refractivity (Wildman–Crippen MR) is 97.5 cm³/mol. The van der Waals surface area contributed by atoms with Gasteiger partial charge in [0.1, 0.15) is 11.6 Å². The summed E-state index contributed by atoms with van der Waals surface area (Å²) in [6.45, 7) is 11.3. The molecule has 0 radical (unpaired) electrons. The van der Waals surface area contributed by atoms with Crippen molar-refractivity contribution in [2.24, 2.45) is 5.41 Å². The van der Waals surface area contributed by atoms with E-state index < -0.39 is 9.84 Å². The first kappa shape index (κ1) is 18.4. The summed E-state index contributed by atoms with van der Waals surface area (Å²) in [6.07, 6.45) is 1.75. The molecular formula is C18H25N3O2S. The summed E-state index contributed by atoms with van der Waals surface area (Å²) in [5.74, 6) is 1.46. The molecule has 24 heavy (non-hydrogen) atoms. The van der Waals surface area contributed by atoms with E-state index in [-0.39, 0.29) is 11.2 Å². The van der Waals surface area contributed by atoms with Crippen LogP contribution in [0.3, 0.4) is 0 Å². The van der Waals surface area contributed by atoms with E-state index in [0.29, 0.717) is 22.2 Å². The highest BCUT2D eigenvalue weighted by Gasteiger charge is 2.25. The van der Waals surface area contributed by atoms with Crippen LogP contribution >= 0.6 is 0 Å². The van der Waals surface area contributed by atoms with Crippen molar-refractivity contribution in [3.63, 3.8) is 0 Å². The van der Waals surface area contributed by atoms with Crippen LogP contribution in [-0.2, 0) is 9.84 Å². The lowest BCUT2D eigenvalue weighted by Gasteiger charge is -2.19.